The largest absolute Gasteiger partial charge is 0.398 e. The molecule has 2 aromatic rings. The van der Waals surface area contributed by atoms with E-state index in [2.05, 4.69) is 4.98 Å². The van der Waals surface area contributed by atoms with Crippen LogP contribution in [0.3, 0.4) is 0 Å². The van der Waals surface area contributed by atoms with Gasteiger partial charge < -0.3 is 11.5 Å². The molecule has 4 N–H and O–H groups in total. The maximum atomic E-state index is 12.1. The molecule has 17 heavy (non-hydrogen) atoms. The first kappa shape index (κ1) is 14.5. The van der Waals surface area contributed by atoms with Crippen molar-refractivity contribution >= 4 is 61.6 Å². The molecule has 1 heterocycles. The van der Waals surface area contributed by atoms with Crippen molar-refractivity contribution in [3.8, 4) is 0 Å². The van der Waals surface area contributed by atoms with Gasteiger partial charge in [-0.15, -0.1) is 11.3 Å². The maximum absolute atomic E-state index is 12.1. The molecule has 8 heteroatoms. The molecule has 1 aromatic carbocycles. The third-order valence-corrected chi connectivity index (χ3v) is 4.52. The summed E-state index contributed by atoms with van der Waals surface area (Å²) in [6.45, 7) is 0. The SMILES string of the molecule is Nc1nc(S(=O)(=O)c2ccccc2N)cs1.[Na]. The first-order valence-corrected chi connectivity index (χ1v) is 6.68. The van der Waals surface area contributed by atoms with Gasteiger partial charge in [-0.2, -0.15) is 0 Å². The van der Waals surface area contributed by atoms with E-state index in [-0.39, 0.29) is 50.3 Å². The van der Waals surface area contributed by atoms with E-state index in [1.807, 2.05) is 0 Å². The molecule has 5 nitrogen and oxygen atoms in total. The Morgan fingerprint density at radius 3 is 2.35 bits per heavy atom. The number of hydrogen-bond donors (Lipinski definition) is 2. The van der Waals surface area contributed by atoms with Crippen molar-refractivity contribution in [2.45, 2.75) is 9.92 Å². The fraction of sp³-hybridized carbons (Fsp3) is 0. The minimum Gasteiger partial charge on any atom is -0.398 e. The number of thiazole rings is 1. The average molecular weight is 278 g/mol. The van der Waals surface area contributed by atoms with E-state index in [4.69, 9.17) is 11.5 Å². The number of nitrogens with zero attached hydrogens (tertiary/aromatic N) is 1. The van der Waals surface area contributed by atoms with E-state index >= 15 is 0 Å². The topological polar surface area (TPSA) is 99.1 Å². The Kier molecular flexibility index (Phi) is 4.56. The van der Waals surface area contributed by atoms with Crippen LogP contribution in [-0.2, 0) is 9.84 Å². The van der Waals surface area contributed by atoms with Gasteiger partial charge in [0.25, 0.3) is 0 Å². The van der Waals surface area contributed by atoms with Crippen LogP contribution in [-0.4, -0.2) is 43.0 Å². The fourth-order valence-electron chi connectivity index (χ4n) is 1.23. The molecule has 0 saturated carbocycles. The zero-order valence-corrected chi connectivity index (χ0v) is 12.8. The van der Waals surface area contributed by atoms with Crippen molar-refractivity contribution < 1.29 is 8.42 Å². The Morgan fingerprint density at radius 1 is 1.18 bits per heavy atom. The summed E-state index contributed by atoms with van der Waals surface area (Å²) in [5.41, 5.74) is 11.2. The monoisotopic (exact) mass is 278 g/mol. The first-order chi connectivity index (χ1) is 7.51. The van der Waals surface area contributed by atoms with Crippen LogP contribution in [0.4, 0.5) is 10.8 Å². The number of nitrogen functional groups attached to an aromatic ring is 2. The van der Waals surface area contributed by atoms with E-state index in [0.29, 0.717) is 0 Å². The zero-order chi connectivity index (χ0) is 11.8. The van der Waals surface area contributed by atoms with Gasteiger partial charge in [-0.1, -0.05) is 12.1 Å². The van der Waals surface area contributed by atoms with Crippen LogP contribution in [0.25, 0.3) is 0 Å². The normalized spacial score (nSPS) is 10.8. The number of aromatic nitrogens is 1. The van der Waals surface area contributed by atoms with Gasteiger partial charge in [-0.05, 0) is 12.1 Å². The number of nitrogens with two attached hydrogens (primary N) is 2. The summed E-state index contributed by atoms with van der Waals surface area (Å²) in [6.07, 6.45) is 0. The summed E-state index contributed by atoms with van der Waals surface area (Å²) >= 11 is 1.08. The molecule has 1 radical (unpaired) electrons. The predicted octanol–water partition coefficient (Wildman–Crippen LogP) is 0.760. The van der Waals surface area contributed by atoms with Crippen LogP contribution in [0, 0.1) is 0 Å². The smallest absolute Gasteiger partial charge is 0.226 e. The maximum Gasteiger partial charge on any atom is 0.226 e. The molecular formula is C9H9N3NaO2S2. The average Bonchev–Trinajstić information content (AvgIpc) is 2.66. The predicted molar refractivity (Wildman–Crippen MR) is 68.6 cm³/mol. The molecule has 0 bridgehead atoms. The Morgan fingerprint density at radius 2 is 1.82 bits per heavy atom. The summed E-state index contributed by atoms with van der Waals surface area (Å²) in [7, 11) is -3.65. The van der Waals surface area contributed by atoms with E-state index in [1.165, 1.54) is 17.5 Å². The van der Waals surface area contributed by atoms with E-state index < -0.39 is 9.84 Å². The number of sulfone groups is 1. The Hall–Kier alpha value is -0.600. The molecular weight excluding hydrogens is 269 g/mol. The van der Waals surface area contributed by atoms with Crippen molar-refractivity contribution in [2.24, 2.45) is 0 Å². The summed E-state index contributed by atoms with van der Waals surface area (Å²) in [5.74, 6) is 0. The van der Waals surface area contributed by atoms with Gasteiger partial charge in [-0.25, -0.2) is 13.4 Å². The minimum absolute atomic E-state index is 0. The standard InChI is InChI=1S/C9H9N3O2S2.Na/c10-6-3-1-2-4-7(6)16(13,14)8-5-15-9(11)12-8;/h1-5H,10H2,(H2,11,12);. The molecule has 0 aliphatic heterocycles. The second kappa shape index (κ2) is 5.36. The van der Waals surface area contributed by atoms with Gasteiger partial charge in [0.1, 0.15) is 0 Å². The van der Waals surface area contributed by atoms with E-state index in [0.717, 1.165) is 11.3 Å². The molecule has 0 atom stereocenters. The van der Waals surface area contributed by atoms with Crippen LogP contribution in [0.2, 0.25) is 0 Å². The Balaban J connectivity index is 0.00000144. The van der Waals surface area contributed by atoms with Gasteiger partial charge in [0.05, 0.1) is 10.6 Å². The summed E-state index contributed by atoms with van der Waals surface area (Å²) in [6, 6.07) is 6.26. The van der Waals surface area contributed by atoms with E-state index in [1.54, 1.807) is 12.1 Å². The van der Waals surface area contributed by atoms with Crippen LogP contribution in [0.5, 0.6) is 0 Å². The fourth-order valence-corrected chi connectivity index (χ4v) is 3.45. The van der Waals surface area contributed by atoms with Crippen molar-refractivity contribution in [1.82, 2.24) is 4.98 Å². The molecule has 1 aromatic heterocycles. The molecule has 0 amide bonds. The molecule has 0 aliphatic carbocycles. The molecule has 0 unspecified atom stereocenters. The second-order valence-corrected chi connectivity index (χ2v) is 5.82. The Labute approximate surface area is 125 Å². The van der Waals surface area contributed by atoms with Gasteiger partial charge in [0.15, 0.2) is 10.2 Å². The molecule has 2 rings (SSSR count). The molecule has 0 saturated heterocycles. The molecule has 0 spiro atoms. The van der Waals surface area contributed by atoms with Gasteiger partial charge in [0.2, 0.25) is 9.84 Å². The first-order valence-electron chi connectivity index (χ1n) is 4.32. The summed E-state index contributed by atoms with van der Waals surface area (Å²) < 4.78 is 24.2. The van der Waals surface area contributed by atoms with E-state index in [9.17, 15) is 8.42 Å². The van der Waals surface area contributed by atoms with Crippen LogP contribution < -0.4 is 11.5 Å². The summed E-state index contributed by atoms with van der Waals surface area (Å²) in [5, 5.41) is 1.55. The number of para-hydroxylation sites is 1. The molecule has 85 valence electrons. The molecule has 0 fully saturated rings. The minimum atomic E-state index is -3.65. The number of hydrogen-bond acceptors (Lipinski definition) is 6. The van der Waals surface area contributed by atoms with Crippen molar-refractivity contribution in [3.63, 3.8) is 0 Å². The second-order valence-electron chi connectivity index (χ2n) is 3.07. The van der Waals surface area contributed by atoms with Crippen molar-refractivity contribution in [3.05, 3.63) is 29.6 Å². The quantitative estimate of drug-likeness (QED) is 0.624. The van der Waals surface area contributed by atoms with Crippen molar-refractivity contribution in [2.75, 3.05) is 11.5 Å². The van der Waals surface area contributed by atoms with Crippen LogP contribution >= 0.6 is 11.3 Å². The number of anilines is 2. The Bertz CT molecular complexity index is 625. The van der Waals surface area contributed by atoms with Crippen molar-refractivity contribution in [1.29, 1.82) is 0 Å². The number of rotatable bonds is 2. The zero-order valence-electron chi connectivity index (χ0n) is 9.12. The number of benzene rings is 1. The van der Waals surface area contributed by atoms with Gasteiger partial charge in [0, 0.05) is 34.9 Å². The molecule has 0 aliphatic rings. The van der Waals surface area contributed by atoms with Crippen LogP contribution in [0.15, 0.2) is 39.6 Å². The summed E-state index contributed by atoms with van der Waals surface area (Å²) in [4.78, 5) is 3.81. The van der Waals surface area contributed by atoms with Crippen LogP contribution in [0.1, 0.15) is 0 Å². The van der Waals surface area contributed by atoms with Gasteiger partial charge in [-0.3, -0.25) is 0 Å². The third-order valence-electron chi connectivity index (χ3n) is 1.98. The van der Waals surface area contributed by atoms with Gasteiger partial charge >= 0.3 is 0 Å². The third kappa shape index (κ3) is 2.80.